The Hall–Kier alpha value is -3.98. The van der Waals surface area contributed by atoms with Crippen LogP contribution >= 0.6 is 0 Å². The molecule has 4 aromatic carbocycles. The number of benzene rings is 4. The molecule has 2 aliphatic rings. The molecular weight excluding hydrogens is 358 g/mol. The maximum Gasteiger partial charge on any atom is 0.156 e. The average Bonchev–Trinajstić information content (AvgIpc) is 2.78. The van der Waals surface area contributed by atoms with Gasteiger partial charge in [-0.2, -0.15) is 0 Å². The van der Waals surface area contributed by atoms with Crippen LogP contribution in [0.4, 0.5) is 17.1 Å². The Labute approximate surface area is 169 Å². The lowest BCUT2D eigenvalue weighted by Gasteiger charge is -2.38. The molecule has 0 spiro atoms. The van der Waals surface area contributed by atoms with Crippen LogP contribution in [0.5, 0.6) is 23.0 Å². The van der Waals surface area contributed by atoms with E-state index in [0.29, 0.717) is 0 Å². The number of fused-ring (bicyclic) bond motifs is 4. The van der Waals surface area contributed by atoms with Crippen LogP contribution in [0, 0.1) is 0 Å². The molecular formula is C26H17NO2. The largest absolute Gasteiger partial charge is 0.453 e. The molecule has 0 aliphatic carbocycles. The molecule has 2 heterocycles. The normalized spacial score (nSPS) is 12.8. The summed E-state index contributed by atoms with van der Waals surface area (Å²) in [5.41, 5.74) is 6.21. The first kappa shape index (κ1) is 16.0. The van der Waals surface area contributed by atoms with E-state index in [1.807, 2.05) is 42.5 Å². The molecule has 29 heavy (non-hydrogen) atoms. The smallest absolute Gasteiger partial charge is 0.156 e. The van der Waals surface area contributed by atoms with E-state index in [4.69, 9.17) is 9.47 Å². The third-order valence-electron chi connectivity index (χ3n) is 5.40. The van der Waals surface area contributed by atoms with Gasteiger partial charge in [0.25, 0.3) is 0 Å². The third kappa shape index (κ3) is 2.38. The van der Waals surface area contributed by atoms with Crippen molar-refractivity contribution < 1.29 is 9.47 Å². The highest BCUT2D eigenvalue weighted by atomic mass is 16.5. The van der Waals surface area contributed by atoms with Crippen LogP contribution < -0.4 is 14.4 Å². The third-order valence-corrected chi connectivity index (χ3v) is 5.40. The predicted octanol–water partition coefficient (Wildman–Crippen LogP) is 7.68. The van der Waals surface area contributed by atoms with Gasteiger partial charge in [-0.1, -0.05) is 61.2 Å². The average molecular weight is 375 g/mol. The summed E-state index contributed by atoms with van der Waals surface area (Å²) in [5, 5.41) is 0. The van der Waals surface area contributed by atoms with Crippen LogP contribution in [0.25, 0.3) is 17.2 Å². The standard InChI is InChI=1S/C26H17NO2/c1-2-17-11-13-18(14-12-17)19-15-24-26-25(16-19)29-23-10-6-4-8-21(23)27(26)20-7-3-5-9-22(20)28-24/h2-16H,1H2. The Balaban J connectivity index is 1.59. The molecule has 0 unspecified atom stereocenters. The van der Waals surface area contributed by atoms with Crippen LogP contribution in [0.15, 0.2) is 91.5 Å². The lowest BCUT2D eigenvalue weighted by atomic mass is 10.00. The fraction of sp³-hybridized carbons (Fsp3) is 0. The van der Waals surface area contributed by atoms with Crippen LogP contribution in [-0.2, 0) is 0 Å². The molecule has 0 radical (unpaired) electrons. The fourth-order valence-corrected chi connectivity index (χ4v) is 4.00. The molecule has 0 bridgehead atoms. The minimum Gasteiger partial charge on any atom is -0.453 e. The number of hydrogen-bond acceptors (Lipinski definition) is 3. The summed E-state index contributed by atoms with van der Waals surface area (Å²) < 4.78 is 12.6. The first-order chi connectivity index (χ1) is 14.3. The van der Waals surface area contributed by atoms with Gasteiger partial charge < -0.3 is 9.47 Å². The number of anilines is 3. The van der Waals surface area contributed by atoms with Gasteiger partial charge in [-0.25, -0.2) is 0 Å². The molecule has 6 rings (SSSR count). The Morgan fingerprint density at radius 1 is 0.621 bits per heavy atom. The van der Waals surface area contributed by atoms with E-state index in [1.165, 1.54) is 0 Å². The highest BCUT2D eigenvalue weighted by Crippen LogP contribution is 2.60. The van der Waals surface area contributed by atoms with E-state index in [1.54, 1.807) is 0 Å². The lowest BCUT2D eigenvalue weighted by molar-refractivity contribution is 0.446. The Morgan fingerprint density at radius 2 is 1.17 bits per heavy atom. The first-order valence-corrected chi connectivity index (χ1v) is 9.57. The quantitative estimate of drug-likeness (QED) is 0.310. The summed E-state index contributed by atoms with van der Waals surface area (Å²) in [6.07, 6.45) is 1.85. The maximum atomic E-state index is 6.31. The second kappa shape index (κ2) is 6.01. The second-order valence-corrected chi connectivity index (χ2v) is 7.12. The van der Waals surface area contributed by atoms with Gasteiger partial charge in [-0.15, -0.1) is 0 Å². The van der Waals surface area contributed by atoms with Crippen molar-refractivity contribution in [1.29, 1.82) is 0 Å². The summed E-state index contributed by atoms with van der Waals surface area (Å²) >= 11 is 0. The number of nitrogens with zero attached hydrogens (tertiary/aromatic N) is 1. The Bertz CT molecular complexity index is 1200. The van der Waals surface area contributed by atoms with Gasteiger partial charge in [-0.05, 0) is 53.1 Å². The van der Waals surface area contributed by atoms with E-state index in [2.05, 4.69) is 60.0 Å². The number of para-hydroxylation sites is 4. The molecule has 0 saturated heterocycles. The molecule has 2 aliphatic heterocycles. The summed E-state index contributed by atoms with van der Waals surface area (Å²) in [4.78, 5) is 2.23. The van der Waals surface area contributed by atoms with E-state index >= 15 is 0 Å². The van der Waals surface area contributed by atoms with Crippen molar-refractivity contribution in [3.8, 4) is 34.1 Å². The monoisotopic (exact) mass is 375 g/mol. The minimum atomic E-state index is 0.790. The van der Waals surface area contributed by atoms with Crippen molar-refractivity contribution in [1.82, 2.24) is 0 Å². The van der Waals surface area contributed by atoms with Gasteiger partial charge in [0.1, 0.15) is 5.69 Å². The van der Waals surface area contributed by atoms with E-state index in [-0.39, 0.29) is 0 Å². The van der Waals surface area contributed by atoms with Crippen LogP contribution in [0.3, 0.4) is 0 Å². The number of rotatable bonds is 2. The van der Waals surface area contributed by atoms with Gasteiger partial charge in [0.15, 0.2) is 23.0 Å². The fourth-order valence-electron chi connectivity index (χ4n) is 4.00. The molecule has 0 saturated carbocycles. The molecule has 0 fully saturated rings. The minimum absolute atomic E-state index is 0.790. The number of ether oxygens (including phenoxy) is 2. The topological polar surface area (TPSA) is 21.7 Å². The van der Waals surface area contributed by atoms with Crippen molar-refractivity contribution in [3.63, 3.8) is 0 Å². The van der Waals surface area contributed by atoms with Gasteiger partial charge in [0.05, 0.1) is 11.4 Å². The molecule has 0 N–H and O–H groups in total. The zero-order chi connectivity index (χ0) is 19.4. The van der Waals surface area contributed by atoms with Crippen molar-refractivity contribution >= 4 is 23.1 Å². The van der Waals surface area contributed by atoms with Crippen LogP contribution in [-0.4, -0.2) is 0 Å². The zero-order valence-corrected chi connectivity index (χ0v) is 15.6. The highest BCUT2D eigenvalue weighted by molar-refractivity contribution is 5.95. The van der Waals surface area contributed by atoms with Gasteiger partial charge in [-0.3, -0.25) is 4.90 Å². The van der Waals surface area contributed by atoms with E-state index in [9.17, 15) is 0 Å². The predicted molar refractivity (Wildman–Crippen MR) is 117 cm³/mol. The lowest BCUT2D eigenvalue weighted by Crippen LogP contribution is -2.20. The molecule has 0 amide bonds. The molecule has 0 atom stereocenters. The van der Waals surface area contributed by atoms with Crippen LogP contribution in [0.2, 0.25) is 0 Å². The van der Waals surface area contributed by atoms with E-state index in [0.717, 1.165) is 56.8 Å². The Kier molecular flexibility index (Phi) is 3.32. The van der Waals surface area contributed by atoms with Crippen molar-refractivity contribution in [2.75, 3.05) is 4.90 Å². The molecule has 0 aromatic heterocycles. The van der Waals surface area contributed by atoms with Gasteiger partial charge in [0, 0.05) is 0 Å². The van der Waals surface area contributed by atoms with Crippen molar-refractivity contribution in [3.05, 3.63) is 97.1 Å². The molecule has 138 valence electrons. The van der Waals surface area contributed by atoms with E-state index < -0.39 is 0 Å². The maximum absolute atomic E-state index is 6.31. The van der Waals surface area contributed by atoms with Gasteiger partial charge >= 0.3 is 0 Å². The highest BCUT2D eigenvalue weighted by Gasteiger charge is 2.34. The van der Waals surface area contributed by atoms with Crippen molar-refractivity contribution in [2.45, 2.75) is 0 Å². The summed E-state index contributed by atoms with van der Waals surface area (Å²) in [6.45, 7) is 3.83. The molecule has 3 heteroatoms. The molecule has 4 aromatic rings. The molecule has 3 nitrogen and oxygen atoms in total. The zero-order valence-electron chi connectivity index (χ0n) is 15.6. The van der Waals surface area contributed by atoms with Crippen LogP contribution in [0.1, 0.15) is 5.56 Å². The second-order valence-electron chi connectivity index (χ2n) is 7.12. The Morgan fingerprint density at radius 3 is 1.72 bits per heavy atom. The summed E-state index contributed by atoms with van der Waals surface area (Å²) in [7, 11) is 0. The van der Waals surface area contributed by atoms with Crippen molar-refractivity contribution in [2.24, 2.45) is 0 Å². The SMILES string of the molecule is C=Cc1ccc(-c2cc3c4c(c2)Oc2ccccc2N4c2ccccc2O3)cc1. The van der Waals surface area contributed by atoms with Gasteiger partial charge in [0.2, 0.25) is 0 Å². The number of hydrogen-bond donors (Lipinski definition) is 0. The summed E-state index contributed by atoms with van der Waals surface area (Å²) in [6, 6.07) is 28.7. The first-order valence-electron chi connectivity index (χ1n) is 9.57. The summed E-state index contributed by atoms with van der Waals surface area (Å²) in [5.74, 6) is 3.25.